The first-order valence-corrected chi connectivity index (χ1v) is 11.7. The van der Waals surface area contributed by atoms with E-state index in [-0.39, 0.29) is 17.6 Å². The standard InChI is InChI=1S/C22H30N2O5S/c1-28-18-11-13-20(14-12-18)30(26,27)24-23-21(15-17-7-3-2-4-8-17)22(25)16-29-19-9-5-6-10-19/h2-4,7-8,11-14,19,21-25H,5-6,9-10,15-16H2,1H3/t21-,22-/m0/s1. The Morgan fingerprint density at radius 3 is 2.37 bits per heavy atom. The number of hydrogen-bond donors (Lipinski definition) is 3. The van der Waals surface area contributed by atoms with Crippen LogP contribution in [0.1, 0.15) is 31.2 Å². The maximum atomic E-state index is 12.7. The van der Waals surface area contributed by atoms with Crippen molar-refractivity contribution in [3.63, 3.8) is 0 Å². The van der Waals surface area contributed by atoms with E-state index < -0.39 is 22.2 Å². The van der Waals surface area contributed by atoms with Crippen LogP contribution in [0.2, 0.25) is 0 Å². The lowest BCUT2D eigenvalue weighted by Crippen LogP contribution is -2.52. The quantitative estimate of drug-likeness (QED) is 0.470. The molecule has 8 heteroatoms. The van der Waals surface area contributed by atoms with E-state index in [1.54, 1.807) is 12.1 Å². The number of ether oxygens (including phenoxy) is 2. The van der Waals surface area contributed by atoms with Crippen LogP contribution in [0, 0.1) is 0 Å². The minimum Gasteiger partial charge on any atom is -0.497 e. The maximum Gasteiger partial charge on any atom is 0.253 e. The van der Waals surface area contributed by atoms with Gasteiger partial charge in [-0.15, -0.1) is 4.83 Å². The van der Waals surface area contributed by atoms with Crippen molar-refractivity contribution in [1.82, 2.24) is 10.3 Å². The number of rotatable bonds is 11. The summed E-state index contributed by atoms with van der Waals surface area (Å²) in [5.41, 5.74) is 3.80. The van der Waals surface area contributed by atoms with Crippen molar-refractivity contribution in [2.75, 3.05) is 13.7 Å². The van der Waals surface area contributed by atoms with Crippen LogP contribution >= 0.6 is 0 Å². The molecular formula is C22H30N2O5S. The van der Waals surface area contributed by atoms with Gasteiger partial charge in [-0.3, -0.25) is 0 Å². The molecule has 1 fully saturated rings. The number of nitrogens with one attached hydrogen (secondary N) is 2. The second kappa shape index (κ2) is 10.9. The number of sulfonamides is 1. The number of benzene rings is 2. The van der Waals surface area contributed by atoms with E-state index in [0.717, 1.165) is 31.2 Å². The zero-order valence-corrected chi connectivity index (χ0v) is 18.0. The van der Waals surface area contributed by atoms with Crippen molar-refractivity contribution in [2.24, 2.45) is 0 Å². The Labute approximate surface area is 178 Å². The van der Waals surface area contributed by atoms with Gasteiger partial charge in [0, 0.05) is 0 Å². The van der Waals surface area contributed by atoms with Gasteiger partial charge in [0.15, 0.2) is 0 Å². The number of hydrazine groups is 1. The lowest BCUT2D eigenvalue weighted by Gasteiger charge is -2.26. The van der Waals surface area contributed by atoms with Gasteiger partial charge in [0.1, 0.15) is 5.75 Å². The average molecular weight is 435 g/mol. The van der Waals surface area contributed by atoms with Crippen LogP contribution in [-0.2, 0) is 21.2 Å². The summed E-state index contributed by atoms with van der Waals surface area (Å²) < 4.78 is 36.2. The van der Waals surface area contributed by atoms with Crippen LogP contribution in [-0.4, -0.2) is 45.5 Å². The molecule has 3 N–H and O–H groups in total. The Balaban J connectivity index is 1.65. The molecule has 7 nitrogen and oxygen atoms in total. The summed E-state index contributed by atoms with van der Waals surface area (Å²) in [6, 6.07) is 15.2. The first-order chi connectivity index (χ1) is 14.5. The molecule has 1 aliphatic carbocycles. The van der Waals surface area contributed by atoms with Crippen molar-refractivity contribution < 1.29 is 23.0 Å². The fourth-order valence-electron chi connectivity index (χ4n) is 3.52. The van der Waals surface area contributed by atoms with Gasteiger partial charge in [-0.05, 0) is 49.1 Å². The third kappa shape index (κ3) is 6.52. The van der Waals surface area contributed by atoms with Gasteiger partial charge in [-0.1, -0.05) is 43.2 Å². The molecule has 164 valence electrons. The molecule has 0 aliphatic heterocycles. The van der Waals surface area contributed by atoms with E-state index in [1.807, 2.05) is 30.3 Å². The van der Waals surface area contributed by atoms with Crippen molar-refractivity contribution in [2.45, 2.75) is 55.2 Å². The summed E-state index contributed by atoms with van der Waals surface area (Å²) in [5.74, 6) is 0.573. The molecule has 0 bridgehead atoms. The minimum absolute atomic E-state index is 0.103. The van der Waals surface area contributed by atoms with Gasteiger partial charge in [0.05, 0.1) is 36.9 Å². The van der Waals surface area contributed by atoms with Crippen LogP contribution in [0.4, 0.5) is 0 Å². The molecule has 2 aromatic carbocycles. The molecule has 0 amide bonds. The number of aliphatic hydroxyl groups is 1. The van der Waals surface area contributed by atoms with Crippen LogP contribution in [0.25, 0.3) is 0 Å². The normalized spacial score (nSPS) is 17.0. The summed E-state index contributed by atoms with van der Waals surface area (Å²) in [7, 11) is -2.28. The van der Waals surface area contributed by atoms with Gasteiger partial charge in [0.25, 0.3) is 10.0 Å². The van der Waals surface area contributed by atoms with E-state index in [4.69, 9.17) is 9.47 Å². The van der Waals surface area contributed by atoms with Gasteiger partial charge >= 0.3 is 0 Å². The van der Waals surface area contributed by atoms with Crippen LogP contribution in [0.3, 0.4) is 0 Å². The molecule has 2 atom stereocenters. The molecule has 0 heterocycles. The van der Waals surface area contributed by atoms with Gasteiger partial charge < -0.3 is 14.6 Å². The minimum atomic E-state index is -3.81. The fourth-order valence-corrected chi connectivity index (χ4v) is 4.44. The molecule has 0 spiro atoms. The SMILES string of the molecule is COc1ccc(S(=O)(=O)NN[C@@H](Cc2ccccc2)[C@@H](O)COC2CCCC2)cc1. The molecule has 0 saturated heterocycles. The lowest BCUT2D eigenvalue weighted by atomic mass is 10.0. The fraction of sp³-hybridized carbons (Fsp3) is 0.455. The summed E-state index contributed by atoms with van der Waals surface area (Å²) in [5, 5.41) is 10.7. The molecular weight excluding hydrogens is 404 g/mol. The smallest absolute Gasteiger partial charge is 0.253 e. The molecule has 1 saturated carbocycles. The van der Waals surface area contributed by atoms with Gasteiger partial charge in [0.2, 0.25) is 0 Å². The topological polar surface area (TPSA) is 96.9 Å². The zero-order valence-electron chi connectivity index (χ0n) is 17.2. The third-order valence-electron chi connectivity index (χ3n) is 5.32. The van der Waals surface area contributed by atoms with E-state index >= 15 is 0 Å². The molecule has 0 unspecified atom stereocenters. The Morgan fingerprint density at radius 1 is 1.07 bits per heavy atom. The third-order valence-corrected chi connectivity index (χ3v) is 6.60. The van der Waals surface area contributed by atoms with E-state index in [9.17, 15) is 13.5 Å². The highest BCUT2D eigenvalue weighted by Gasteiger charge is 2.25. The van der Waals surface area contributed by atoms with Gasteiger partial charge in [-0.25, -0.2) is 13.8 Å². The van der Waals surface area contributed by atoms with E-state index in [2.05, 4.69) is 10.3 Å². The van der Waals surface area contributed by atoms with Crippen molar-refractivity contribution >= 4 is 10.0 Å². The van der Waals surface area contributed by atoms with E-state index in [1.165, 1.54) is 19.2 Å². The van der Waals surface area contributed by atoms with Crippen molar-refractivity contribution in [1.29, 1.82) is 0 Å². The molecule has 1 aliphatic rings. The first kappa shape index (κ1) is 22.7. The highest BCUT2D eigenvalue weighted by molar-refractivity contribution is 7.89. The predicted octanol–water partition coefficient (Wildman–Crippen LogP) is 2.41. The second-order valence-corrected chi connectivity index (χ2v) is 9.21. The highest BCUT2D eigenvalue weighted by Crippen LogP contribution is 2.21. The van der Waals surface area contributed by atoms with Crippen molar-refractivity contribution in [3.05, 3.63) is 60.2 Å². The molecule has 3 rings (SSSR count). The summed E-state index contributed by atoms with van der Waals surface area (Å²) >= 11 is 0. The van der Waals surface area contributed by atoms with E-state index in [0.29, 0.717) is 12.2 Å². The number of methoxy groups -OCH3 is 1. The molecule has 30 heavy (non-hydrogen) atoms. The van der Waals surface area contributed by atoms with Gasteiger partial charge in [-0.2, -0.15) is 0 Å². The zero-order chi connectivity index (χ0) is 21.4. The molecule has 2 aromatic rings. The predicted molar refractivity (Wildman–Crippen MR) is 115 cm³/mol. The summed E-state index contributed by atoms with van der Waals surface area (Å²) in [6.45, 7) is 0.152. The summed E-state index contributed by atoms with van der Waals surface area (Å²) in [6.07, 6.45) is 4.06. The molecule has 0 radical (unpaired) electrons. The van der Waals surface area contributed by atoms with Crippen molar-refractivity contribution in [3.8, 4) is 5.75 Å². The molecule has 0 aromatic heterocycles. The highest BCUT2D eigenvalue weighted by atomic mass is 32.2. The Morgan fingerprint density at radius 2 is 1.73 bits per heavy atom. The van der Waals surface area contributed by atoms with Crippen LogP contribution < -0.4 is 15.0 Å². The largest absolute Gasteiger partial charge is 0.497 e. The maximum absolute atomic E-state index is 12.7. The Kier molecular flexibility index (Phi) is 8.24. The number of hydrogen-bond acceptors (Lipinski definition) is 6. The summed E-state index contributed by atoms with van der Waals surface area (Å²) in [4.78, 5) is 2.51. The number of aliphatic hydroxyl groups excluding tert-OH is 1. The Bertz CT molecular complexity index is 868. The van der Waals surface area contributed by atoms with Crippen LogP contribution in [0.5, 0.6) is 5.75 Å². The average Bonchev–Trinajstić information content (AvgIpc) is 3.29. The van der Waals surface area contributed by atoms with Crippen LogP contribution in [0.15, 0.2) is 59.5 Å². The monoisotopic (exact) mass is 434 g/mol. The Hall–Kier alpha value is -1.97. The lowest BCUT2D eigenvalue weighted by molar-refractivity contribution is -0.0207. The first-order valence-electron chi connectivity index (χ1n) is 10.2. The second-order valence-electron chi connectivity index (χ2n) is 7.53.